The number of ether oxygens (including phenoxy) is 2. The maximum Gasteiger partial charge on any atom is 0.296 e. The van der Waals surface area contributed by atoms with E-state index in [1.807, 2.05) is 32.0 Å². The predicted molar refractivity (Wildman–Crippen MR) is 92.4 cm³/mol. The number of aryl methyl sites for hydroxylation is 1. The molecule has 2 aliphatic rings. The average molecular weight is 342 g/mol. The molecule has 1 amide bonds. The molecule has 0 N–H and O–H groups in total. The Labute approximate surface area is 146 Å². The second-order valence-electron chi connectivity index (χ2n) is 6.85. The molecule has 0 unspecified atom stereocenters. The lowest BCUT2D eigenvalue weighted by Gasteiger charge is -2.33. The van der Waals surface area contributed by atoms with Crippen LogP contribution in [0.2, 0.25) is 0 Å². The second kappa shape index (κ2) is 6.10. The van der Waals surface area contributed by atoms with Crippen LogP contribution in [0.3, 0.4) is 0 Å². The lowest BCUT2D eigenvalue weighted by atomic mass is 10.1. The van der Waals surface area contributed by atoms with Gasteiger partial charge in [-0.2, -0.15) is 0 Å². The quantitative estimate of drug-likeness (QED) is 0.852. The topological polar surface area (TPSA) is 64.8 Å². The highest BCUT2D eigenvalue weighted by Crippen LogP contribution is 2.38. The second-order valence-corrected chi connectivity index (χ2v) is 6.85. The maximum absolute atomic E-state index is 13.1. The third-order valence-electron chi connectivity index (χ3n) is 4.67. The zero-order valence-corrected chi connectivity index (χ0v) is 14.7. The lowest BCUT2D eigenvalue weighted by Crippen LogP contribution is -2.42. The molecule has 1 aliphatic carbocycles. The fourth-order valence-corrected chi connectivity index (χ4v) is 3.17. The SMILES string of the molecule is COc1ccc2c(c1)N(C(=O)c1oc(CC3CC3)nc1C)C[C@H](C)O2. The molecule has 1 saturated carbocycles. The number of oxazole rings is 1. The van der Waals surface area contributed by atoms with Gasteiger partial charge >= 0.3 is 0 Å². The molecule has 6 nitrogen and oxygen atoms in total. The van der Waals surface area contributed by atoms with Crippen molar-refractivity contribution in [3.8, 4) is 11.5 Å². The summed E-state index contributed by atoms with van der Waals surface area (Å²) in [4.78, 5) is 19.3. The number of hydrogen-bond donors (Lipinski definition) is 0. The van der Waals surface area contributed by atoms with Crippen LogP contribution < -0.4 is 14.4 Å². The van der Waals surface area contributed by atoms with Gasteiger partial charge in [-0.15, -0.1) is 0 Å². The number of rotatable bonds is 4. The number of carbonyl (C=O) groups excluding carboxylic acids is 1. The van der Waals surface area contributed by atoms with E-state index in [9.17, 15) is 4.79 Å². The Hall–Kier alpha value is -2.50. The van der Waals surface area contributed by atoms with E-state index in [0.29, 0.717) is 47.0 Å². The van der Waals surface area contributed by atoms with Crippen molar-refractivity contribution in [2.45, 2.75) is 39.2 Å². The summed E-state index contributed by atoms with van der Waals surface area (Å²) < 4.78 is 17.0. The molecule has 4 rings (SSSR count). The molecule has 1 aliphatic heterocycles. The van der Waals surface area contributed by atoms with Crippen LogP contribution in [0.15, 0.2) is 22.6 Å². The summed E-state index contributed by atoms with van der Waals surface area (Å²) in [5.41, 5.74) is 1.34. The molecule has 0 radical (unpaired) electrons. The van der Waals surface area contributed by atoms with Crippen LogP contribution in [0.25, 0.3) is 0 Å². The highest BCUT2D eigenvalue weighted by atomic mass is 16.5. The summed E-state index contributed by atoms with van der Waals surface area (Å²) in [5.74, 6) is 2.81. The van der Waals surface area contributed by atoms with Crippen LogP contribution >= 0.6 is 0 Å². The monoisotopic (exact) mass is 342 g/mol. The van der Waals surface area contributed by atoms with Gasteiger partial charge in [0.2, 0.25) is 5.76 Å². The summed E-state index contributed by atoms with van der Waals surface area (Å²) in [5, 5.41) is 0. The van der Waals surface area contributed by atoms with Crippen molar-refractivity contribution < 1.29 is 18.7 Å². The number of carbonyl (C=O) groups is 1. The van der Waals surface area contributed by atoms with Gasteiger partial charge < -0.3 is 13.9 Å². The van der Waals surface area contributed by atoms with Gasteiger partial charge in [-0.1, -0.05) is 0 Å². The number of nitrogens with zero attached hydrogens (tertiary/aromatic N) is 2. The van der Waals surface area contributed by atoms with Crippen LogP contribution in [0, 0.1) is 12.8 Å². The number of fused-ring (bicyclic) bond motifs is 1. The zero-order chi connectivity index (χ0) is 17.6. The Morgan fingerprint density at radius 1 is 1.40 bits per heavy atom. The molecule has 1 fully saturated rings. The summed E-state index contributed by atoms with van der Waals surface area (Å²) in [6, 6.07) is 5.47. The molecular weight excluding hydrogens is 320 g/mol. The summed E-state index contributed by atoms with van der Waals surface area (Å²) in [7, 11) is 1.60. The molecule has 0 saturated heterocycles. The van der Waals surface area contributed by atoms with Crippen LogP contribution in [-0.4, -0.2) is 30.6 Å². The minimum Gasteiger partial charge on any atom is -0.497 e. The minimum atomic E-state index is -0.184. The number of amides is 1. The van der Waals surface area contributed by atoms with E-state index in [1.165, 1.54) is 12.8 Å². The van der Waals surface area contributed by atoms with E-state index < -0.39 is 0 Å². The van der Waals surface area contributed by atoms with Crippen LogP contribution in [0.1, 0.15) is 41.9 Å². The van der Waals surface area contributed by atoms with Gasteiger partial charge in [0.1, 0.15) is 17.6 Å². The number of methoxy groups -OCH3 is 1. The number of hydrogen-bond acceptors (Lipinski definition) is 5. The summed E-state index contributed by atoms with van der Waals surface area (Å²) >= 11 is 0. The fraction of sp³-hybridized carbons (Fsp3) is 0.474. The highest BCUT2D eigenvalue weighted by Gasteiger charge is 2.33. The smallest absolute Gasteiger partial charge is 0.296 e. The molecule has 2 aromatic rings. The van der Waals surface area contributed by atoms with Gasteiger partial charge in [0, 0.05) is 12.5 Å². The minimum absolute atomic E-state index is 0.0981. The predicted octanol–water partition coefficient (Wildman–Crippen LogP) is 3.37. The first-order valence-corrected chi connectivity index (χ1v) is 8.68. The molecule has 1 aromatic heterocycles. The van der Waals surface area contributed by atoms with Gasteiger partial charge in [0.25, 0.3) is 5.91 Å². The van der Waals surface area contributed by atoms with E-state index in [0.717, 1.165) is 6.42 Å². The Bertz CT molecular complexity index is 810. The number of aromatic nitrogens is 1. The summed E-state index contributed by atoms with van der Waals surface area (Å²) in [6.07, 6.45) is 3.16. The van der Waals surface area contributed by atoms with Gasteiger partial charge in [-0.25, -0.2) is 4.98 Å². The van der Waals surface area contributed by atoms with Gasteiger partial charge in [-0.3, -0.25) is 9.69 Å². The molecule has 25 heavy (non-hydrogen) atoms. The van der Waals surface area contributed by atoms with E-state index in [4.69, 9.17) is 13.9 Å². The van der Waals surface area contributed by atoms with Crippen molar-refractivity contribution >= 4 is 11.6 Å². The molecule has 132 valence electrons. The molecule has 0 bridgehead atoms. The van der Waals surface area contributed by atoms with Crippen molar-refractivity contribution in [3.05, 3.63) is 35.5 Å². The maximum atomic E-state index is 13.1. The Balaban J connectivity index is 1.67. The molecule has 1 aromatic carbocycles. The number of anilines is 1. The fourth-order valence-electron chi connectivity index (χ4n) is 3.17. The molecule has 1 atom stereocenters. The molecule has 6 heteroatoms. The Morgan fingerprint density at radius 2 is 2.20 bits per heavy atom. The van der Waals surface area contributed by atoms with Crippen molar-refractivity contribution in [2.75, 3.05) is 18.6 Å². The first-order chi connectivity index (χ1) is 12.0. The molecule has 0 spiro atoms. The third-order valence-corrected chi connectivity index (χ3v) is 4.67. The van der Waals surface area contributed by atoms with Gasteiger partial charge in [0.05, 0.1) is 25.0 Å². The van der Waals surface area contributed by atoms with Gasteiger partial charge in [-0.05, 0) is 44.7 Å². The zero-order valence-electron chi connectivity index (χ0n) is 14.7. The molecule has 2 heterocycles. The average Bonchev–Trinajstić information content (AvgIpc) is 3.34. The lowest BCUT2D eigenvalue weighted by molar-refractivity contribution is 0.0931. The Kier molecular flexibility index (Phi) is 3.90. The van der Waals surface area contributed by atoms with Gasteiger partial charge in [0.15, 0.2) is 5.89 Å². The van der Waals surface area contributed by atoms with Crippen LogP contribution in [0.4, 0.5) is 5.69 Å². The highest BCUT2D eigenvalue weighted by molar-refractivity contribution is 6.06. The first-order valence-electron chi connectivity index (χ1n) is 8.68. The van der Waals surface area contributed by atoms with Crippen molar-refractivity contribution in [2.24, 2.45) is 5.92 Å². The van der Waals surface area contributed by atoms with E-state index in [-0.39, 0.29) is 12.0 Å². The van der Waals surface area contributed by atoms with Crippen molar-refractivity contribution in [1.82, 2.24) is 4.98 Å². The Morgan fingerprint density at radius 3 is 2.92 bits per heavy atom. The normalized spacial score (nSPS) is 19.3. The van der Waals surface area contributed by atoms with Crippen molar-refractivity contribution in [1.29, 1.82) is 0 Å². The van der Waals surface area contributed by atoms with Crippen LogP contribution in [-0.2, 0) is 6.42 Å². The van der Waals surface area contributed by atoms with E-state index >= 15 is 0 Å². The number of benzene rings is 1. The van der Waals surface area contributed by atoms with Crippen molar-refractivity contribution in [3.63, 3.8) is 0 Å². The van der Waals surface area contributed by atoms with Crippen LogP contribution in [0.5, 0.6) is 11.5 Å². The third kappa shape index (κ3) is 3.08. The summed E-state index contributed by atoms with van der Waals surface area (Å²) in [6.45, 7) is 4.22. The standard InChI is InChI=1S/C19H22N2O4/c1-11-10-21(15-9-14(23-3)6-7-16(15)24-11)19(22)18-12(2)20-17(25-18)8-13-4-5-13/h6-7,9,11,13H,4-5,8,10H2,1-3H3/t11-/m0/s1. The van der Waals surface area contributed by atoms with E-state index in [2.05, 4.69) is 4.98 Å². The molecular formula is C19H22N2O4. The largest absolute Gasteiger partial charge is 0.497 e. The van der Waals surface area contributed by atoms with E-state index in [1.54, 1.807) is 12.0 Å². The first kappa shape index (κ1) is 16.0.